The van der Waals surface area contributed by atoms with E-state index in [4.69, 9.17) is 0 Å². The molecule has 0 aliphatic carbocycles. The first-order valence-electron chi connectivity index (χ1n) is 3.19. The van der Waals surface area contributed by atoms with Gasteiger partial charge in [-0.2, -0.15) is 26.3 Å². The van der Waals surface area contributed by atoms with Crippen molar-refractivity contribution in [3.05, 3.63) is 12.1 Å². The minimum Gasteiger partial charge on any atom is -0.403 e. The largest absolute Gasteiger partial charge is 0.448 e. The fraction of sp³-hybridized carbons (Fsp3) is 0.667. The molecule has 0 saturated carbocycles. The van der Waals surface area contributed by atoms with E-state index in [1.807, 2.05) is 0 Å². The van der Waals surface area contributed by atoms with E-state index in [0.717, 1.165) is 0 Å². The SMILES string of the molecule is CF.FC1=CC(F)(C(F)(F)F)C(F)(F)O1. The Bertz CT molecular complexity index is 256. The summed E-state index contributed by atoms with van der Waals surface area (Å²) in [6, 6.07) is -2.29. The Morgan fingerprint density at radius 3 is 1.67 bits per heavy atom. The van der Waals surface area contributed by atoms with Gasteiger partial charge in [0.25, 0.3) is 6.01 Å². The maximum Gasteiger partial charge on any atom is 0.448 e. The second-order valence-corrected chi connectivity index (χ2v) is 2.28. The third-order valence-corrected chi connectivity index (χ3v) is 1.37. The molecule has 1 nitrogen and oxygen atoms in total. The first-order chi connectivity index (χ1) is 6.60. The summed E-state index contributed by atoms with van der Waals surface area (Å²) in [5.74, 6) is 0. The molecule has 0 aromatic heterocycles. The standard InChI is InChI=1S/C5HF7O.CH3F/c6-2-1-3(7,4(8,9)10)5(11,12)13-2;1-2/h1H;1H3. The van der Waals surface area contributed by atoms with E-state index in [9.17, 15) is 35.1 Å². The molecule has 90 valence electrons. The number of rotatable bonds is 0. The molecule has 0 bridgehead atoms. The summed E-state index contributed by atoms with van der Waals surface area (Å²) in [6.45, 7) is 0. The van der Waals surface area contributed by atoms with Crippen LogP contribution in [0.25, 0.3) is 0 Å². The van der Waals surface area contributed by atoms with Gasteiger partial charge in [0.05, 0.1) is 7.18 Å². The van der Waals surface area contributed by atoms with Crippen LogP contribution in [0.5, 0.6) is 0 Å². The number of ether oxygens (including phenoxy) is 1. The van der Waals surface area contributed by atoms with Crippen LogP contribution in [0.15, 0.2) is 12.1 Å². The second-order valence-electron chi connectivity index (χ2n) is 2.28. The molecule has 1 rings (SSSR count). The predicted octanol–water partition coefficient (Wildman–Crippen LogP) is 3.28. The molecule has 0 aromatic rings. The van der Waals surface area contributed by atoms with E-state index in [0.29, 0.717) is 7.18 Å². The second kappa shape index (κ2) is 3.86. The minimum absolute atomic E-state index is 0.500. The molecule has 1 unspecified atom stereocenters. The summed E-state index contributed by atoms with van der Waals surface area (Å²) in [6.07, 6.45) is -12.1. The lowest BCUT2D eigenvalue weighted by Gasteiger charge is -2.25. The third-order valence-electron chi connectivity index (χ3n) is 1.37. The van der Waals surface area contributed by atoms with Crippen LogP contribution in [-0.4, -0.2) is 25.1 Å². The lowest BCUT2D eigenvalue weighted by Crippen LogP contribution is -2.52. The van der Waals surface area contributed by atoms with E-state index in [1.54, 1.807) is 0 Å². The summed E-state index contributed by atoms with van der Waals surface area (Å²) < 4.78 is 95.9. The third kappa shape index (κ3) is 2.15. The smallest absolute Gasteiger partial charge is 0.403 e. The molecule has 0 N–H and O–H groups in total. The van der Waals surface area contributed by atoms with E-state index < -0.39 is 30.0 Å². The van der Waals surface area contributed by atoms with Crippen molar-refractivity contribution in [1.82, 2.24) is 0 Å². The average Bonchev–Trinajstić information content (AvgIpc) is 2.24. The van der Waals surface area contributed by atoms with Crippen LogP contribution in [-0.2, 0) is 4.74 Å². The number of hydrogen-bond donors (Lipinski definition) is 0. The van der Waals surface area contributed by atoms with Crippen LogP contribution in [0, 0.1) is 0 Å². The molecule has 1 aliphatic rings. The Morgan fingerprint density at radius 2 is 1.53 bits per heavy atom. The van der Waals surface area contributed by atoms with Crippen LogP contribution < -0.4 is 0 Å². The molecule has 15 heavy (non-hydrogen) atoms. The minimum atomic E-state index is -5.93. The summed E-state index contributed by atoms with van der Waals surface area (Å²) >= 11 is 0. The van der Waals surface area contributed by atoms with E-state index in [1.165, 1.54) is 0 Å². The van der Waals surface area contributed by atoms with Gasteiger partial charge in [-0.25, -0.2) is 4.39 Å². The van der Waals surface area contributed by atoms with Gasteiger partial charge < -0.3 is 4.74 Å². The topological polar surface area (TPSA) is 9.23 Å². The fourth-order valence-electron chi connectivity index (χ4n) is 0.713. The number of alkyl halides is 7. The molecular weight excluding hydrogens is 240 g/mol. The highest BCUT2D eigenvalue weighted by Gasteiger charge is 2.76. The Morgan fingerprint density at radius 1 is 1.13 bits per heavy atom. The average molecular weight is 244 g/mol. The number of hydrogen-bond acceptors (Lipinski definition) is 1. The maximum absolute atomic E-state index is 12.5. The van der Waals surface area contributed by atoms with Crippen molar-refractivity contribution in [2.75, 3.05) is 7.18 Å². The van der Waals surface area contributed by atoms with Crippen LogP contribution in [0.1, 0.15) is 0 Å². The van der Waals surface area contributed by atoms with Crippen molar-refractivity contribution >= 4 is 0 Å². The molecule has 9 heteroatoms. The zero-order chi connectivity index (χ0) is 12.5. The van der Waals surface area contributed by atoms with Crippen molar-refractivity contribution < 1.29 is 39.9 Å². The molecule has 0 radical (unpaired) electrons. The van der Waals surface area contributed by atoms with Crippen molar-refractivity contribution in [3.8, 4) is 0 Å². The Kier molecular flexibility index (Phi) is 3.59. The van der Waals surface area contributed by atoms with Crippen molar-refractivity contribution in [2.45, 2.75) is 18.0 Å². The molecule has 0 aromatic carbocycles. The molecule has 1 atom stereocenters. The summed E-state index contributed by atoms with van der Waals surface area (Å²) in [5.41, 5.74) is -5.09. The Labute approximate surface area is 78.3 Å². The molecule has 1 aliphatic heterocycles. The summed E-state index contributed by atoms with van der Waals surface area (Å²) in [5, 5.41) is 0. The summed E-state index contributed by atoms with van der Waals surface area (Å²) in [4.78, 5) is 0. The normalized spacial score (nSPS) is 28.7. The highest BCUT2D eigenvalue weighted by atomic mass is 19.4. The quantitative estimate of drug-likeness (QED) is 0.594. The summed E-state index contributed by atoms with van der Waals surface area (Å²) in [7, 11) is 0.500. The fourth-order valence-corrected chi connectivity index (χ4v) is 0.713. The molecule has 0 spiro atoms. The van der Waals surface area contributed by atoms with Crippen molar-refractivity contribution in [3.63, 3.8) is 0 Å². The lowest BCUT2D eigenvalue weighted by molar-refractivity contribution is -0.343. The van der Waals surface area contributed by atoms with Gasteiger partial charge in [0.2, 0.25) is 0 Å². The molecule has 0 fully saturated rings. The highest BCUT2D eigenvalue weighted by molar-refractivity contribution is 5.17. The molecule has 0 amide bonds. The maximum atomic E-state index is 12.5. The van der Waals surface area contributed by atoms with Crippen LogP contribution in [0.2, 0.25) is 0 Å². The highest BCUT2D eigenvalue weighted by Crippen LogP contribution is 2.52. The molecular formula is C6H4F8O. The zero-order valence-electron chi connectivity index (χ0n) is 7.01. The van der Waals surface area contributed by atoms with Gasteiger partial charge in [0.1, 0.15) is 0 Å². The van der Waals surface area contributed by atoms with Gasteiger partial charge in [0.15, 0.2) is 0 Å². The zero-order valence-corrected chi connectivity index (χ0v) is 7.01. The first kappa shape index (κ1) is 14.0. The van der Waals surface area contributed by atoms with Gasteiger partial charge in [0, 0.05) is 6.08 Å². The van der Waals surface area contributed by atoms with Crippen LogP contribution >= 0.6 is 0 Å². The van der Waals surface area contributed by atoms with Crippen LogP contribution in [0.3, 0.4) is 0 Å². The van der Waals surface area contributed by atoms with E-state index in [-0.39, 0.29) is 0 Å². The van der Waals surface area contributed by atoms with Crippen LogP contribution in [0.4, 0.5) is 35.1 Å². The monoisotopic (exact) mass is 244 g/mol. The lowest BCUT2D eigenvalue weighted by atomic mass is 10.1. The van der Waals surface area contributed by atoms with Gasteiger partial charge in [-0.05, 0) is 0 Å². The Balaban J connectivity index is 0.000000921. The van der Waals surface area contributed by atoms with Gasteiger partial charge in [-0.1, -0.05) is 0 Å². The van der Waals surface area contributed by atoms with E-state index >= 15 is 0 Å². The van der Waals surface area contributed by atoms with Gasteiger partial charge in [-0.15, -0.1) is 0 Å². The first-order valence-corrected chi connectivity index (χ1v) is 3.19. The van der Waals surface area contributed by atoms with E-state index in [2.05, 4.69) is 4.74 Å². The van der Waals surface area contributed by atoms with Gasteiger partial charge in [-0.3, -0.25) is 4.39 Å². The molecule has 0 saturated heterocycles. The van der Waals surface area contributed by atoms with Gasteiger partial charge >= 0.3 is 18.0 Å². The molecule has 1 heterocycles. The van der Waals surface area contributed by atoms with Crippen molar-refractivity contribution in [2.24, 2.45) is 0 Å². The van der Waals surface area contributed by atoms with Crippen molar-refractivity contribution in [1.29, 1.82) is 0 Å². The predicted molar refractivity (Wildman–Crippen MR) is 32.1 cm³/mol. The Hall–Kier alpha value is -1.02. The number of halogens is 8.